The van der Waals surface area contributed by atoms with Crippen LogP contribution in [0.1, 0.15) is 5.56 Å². The molecule has 3 aromatic rings. The fourth-order valence-corrected chi connectivity index (χ4v) is 1.68. The molecule has 0 atom stereocenters. The number of para-hydroxylation sites is 1. The van der Waals surface area contributed by atoms with Crippen LogP contribution in [0.4, 0.5) is 0 Å². The molecular weight excluding hydrogens is 226 g/mol. The molecule has 1 aromatic heterocycles. The minimum atomic E-state index is 0.716. The molecule has 1 heterocycles. The zero-order valence-electron chi connectivity index (χ0n) is 9.61. The van der Waals surface area contributed by atoms with Crippen LogP contribution < -0.4 is 4.84 Å². The highest BCUT2D eigenvalue weighted by molar-refractivity contribution is 5.87. The maximum absolute atomic E-state index is 5.32. The van der Waals surface area contributed by atoms with Crippen LogP contribution in [-0.4, -0.2) is 6.21 Å². The van der Waals surface area contributed by atoms with E-state index in [1.165, 1.54) is 0 Å². The standard InChI is InChI=1S/C15H11NO2/c1-2-4-14(5-3-1)18-16-11-12-6-7-13-8-9-17-15(13)10-12/h1-11H. The third-order valence-corrected chi connectivity index (χ3v) is 2.58. The molecule has 0 saturated carbocycles. The topological polar surface area (TPSA) is 34.7 Å². The summed E-state index contributed by atoms with van der Waals surface area (Å²) in [5.74, 6) is 0.716. The number of benzene rings is 2. The second-order valence-corrected chi connectivity index (χ2v) is 3.86. The van der Waals surface area contributed by atoms with Gasteiger partial charge in [-0.1, -0.05) is 35.5 Å². The van der Waals surface area contributed by atoms with E-state index in [0.717, 1.165) is 16.5 Å². The van der Waals surface area contributed by atoms with E-state index < -0.39 is 0 Å². The Morgan fingerprint density at radius 2 is 1.89 bits per heavy atom. The summed E-state index contributed by atoms with van der Waals surface area (Å²) in [5, 5.41) is 5.02. The van der Waals surface area contributed by atoms with Gasteiger partial charge in [-0.15, -0.1) is 0 Å². The van der Waals surface area contributed by atoms with Crippen LogP contribution >= 0.6 is 0 Å². The highest BCUT2D eigenvalue weighted by atomic mass is 16.6. The Bertz CT molecular complexity index is 671. The predicted molar refractivity (Wildman–Crippen MR) is 70.9 cm³/mol. The van der Waals surface area contributed by atoms with Crippen molar-refractivity contribution < 1.29 is 9.25 Å². The molecule has 18 heavy (non-hydrogen) atoms. The van der Waals surface area contributed by atoms with E-state index in [0.29, 0.717) is 5.75 Å². The second kappa shape index (κ2) is 4.75. The molecule has 0 radical (unpaired) electrons. The van der Waals surface area contributed by atoms with Gasteiger partial charge in [-0.2, -0.15) is 0 Å². The fraction of sp³-hybridized carbons (Fsp3) is 0. The molecule has 88 valence electrons. The van der Waals surface area contributed by atoms with Gasteiger partial charge in [0, 0.05) is 5.39 Å². The van der Waals surface area contributed by atoms with Gasteiger partial charge >= 0.3 is 0 Å². The van der Waals surface area contributed by atoms with Crippen molar-refractivity contribution in [3.05, 3.63) is 66.4 Å². The van der Waals surface area contributed by atoms with E-state index >= 15 is 0 Å². The highest BCUT2D eigenvalue weighted by Crippen LogP contribution is 2.16. The normalized spacial score (nSPS) is 11.1. The first-order valence-corrected chi connectivity index (χ1v) is 5.64. The van der Waals surface area contributed by atoms with Gasteiger partial charge in [0.05, 0.1) is 12.5 Å². The van der Waals surface area contributed by atoms with Crippen molar-refractivity contribution in [2.45, 2.75) is 0 Å². The lowest BCUT2D eigenvalue weighted by atomic mass is 10.2. The summed E-state index contributed by atoms with van der Waals surface area (Å²) in [6.07, 6.45) is 3.33. The average Bonchev–Trinajstić information content (AvgIpc) is 2.87. The lowest BCUT2D eigenvalue weighted by molar-refractivity contribution is 0.344. The van der Waals surface area contributed by atoms with Gasteiger partial charge in [-0.05, 0) is 29.8 Å². The maximum Gasteiger partial charge on any atom is 0.157 e. The molecule has 3 rings (SSSR count). The first kappa shape index (κ1) is 10.6. The smallest absolute Gasteiger partial charge is 0.157 e. The van der Waals surface area contributed by atoms with Crippen molar-refractivity contribution in [1.82, 2.24) is 0 Å². The Morgan fingerprint density at radius 3 is 2.78 bits per heavy atom. The van der Waals surface area contributed by atoms with Crippen LogP contribution in [0, 0.1) is 0 Å². The Morgan fingerprint density at radius 1 is 1.00 bits per heavy atom. The molecule has 2 aromatic carbocycles. The van der Waals surface area contributed by atoms with E-state index in [1.807, 2.05) is 54.6 Å². The minimum absolute atomic E-state index is 0.716. The van der Waals surface area contributed by atoms with Gasteiger partial charge in [-0.3, -0.25) is 0 Å². The van der Waals surface area contributed by atoms with Crippen molar-refractivity contribution >= 4 is 17.2 Å². The lowest BCUT2D eigenvalue weighted by Crippen LogP contribution is -1.86. The monoisotopic (exact) mass is 237 g/mol. The van der Waals surface area contributed by atoms with Crippen molar-refractivity contribution in [2.24, 2.45) is 5.16 Å². The molecule has 0 aliphatic heterocycles. The Hall–Kier alpha value is -2.55. The zero-order chi connectivity index (χ0) is 12.2. The maximum atomic E-state index is 5.32. The minimum Gasteiger partial charge on any atom is -0.464 e. The summed E-state index contributed by atoms with van der Waals surface area (Å²) in [5.41, 5.74) is 1.78. The molecule has 3 nitrogen and oxygen atoms in total. The van der Waals surface area contributed by atoms with Crippen LogP contribution in [0.2, 0.25) is 0 Å². The first-order chi connectivity index (χ1) is 8.92. The fourth-order valence-electron chi connectivity index (χ4n) is 1.68. The molecular formula is C15H11NO2. The number of rotatable bonds is 3. The van der Waals surface area contributed by atoms with E-state index in [1.54, 1.807) is 12.5 Å². The second-order valence-electron chi connectivity index (χ2n) is 3.86. The predicted octanol–water partition coefficient (Wildman–Crippen LogP) is 3.85. The van der Waals surface area contributed by atoms with Gasteiger partial charge in [0.1, 0.15) is 5.58 Å². The lowest BCUT2D eigenvalue weighted by Gasteiger charge is -1.96. The van der Waals surface area contributed by atoms with E-state index in [-0.39, 0.29) is 0 Å². The van der Waals surface area contributed by atoms with Crippen molar-refractivity contribution in [3.63, 3.8) is 0 Å². The van der Waals surface area contributed by atoms with Crippen molar-refractivity contribution in [1.29, 1.82) is 0 Å². The number of hydrogen-bond donors (Lipinski definition) is 0. The molecule has 0 aliphatic carbocycles. The largest absolute Gasteiger partial charge is 0.464 e. The quantitative estimate of drug-likeness (QED) is 0.512. The third-order valence-electron chi connectivity index (χ3n) is 2.58. The number of hydrogen-bond acceptors (Lipinski definition) is 3. The Kier molecular flexibility index (Phi) is 2.80. The summed E-state index contributed by atoms with van der Waals surface area (Å²) >= 11 is 0. The van der Waals surface area contributed by atoms with Gasteiger partial charge in [0.25, 0.3) is 0 Å². The summed E-state index contributed by atoms with van der Waals surface area (Å²) in [7, 11) is 0. The number of fused-ring (bicyclic) bond motifs is 1. The van der Waals surface area contributed by atoms with Crippen molar-refractivity contribution in [2.75, 3.05) is 0 Å². The van der Waals surface area contributed by atoms with E-state index in [4.69, 9.17) is 9.25 Å². The van der Waals surface area contributed by atoms with Gasteiger partial charge in [0.15, 0.2) is 5.75 Å². The Labute approximate surface area is 104 Å². The third kappa shape index (κ3) is 2.25. The molecule has 0 fully saturated rings. The van der Waals surface area contributed by atoms with Gasteiger partial charge < -0.3 is 9.25 Å². The van der Waals surface area contributed by atoms with Crippen molar-refractivity contribution in [3.8, 4) is 5.75 Å². The molecule has 0 bridgehead atoms. The van der Waals surface area contributed by atoms with E-state index in [2.05, 4.69) is 5.16 Å². The summed E-state index contributed by atoms with van der Waals surface area (Å²) in [6.45, 7) is 0. The Balaban J connectivity index is 1.75. The first-order valence-electron chi connectivity index (χ1n) is 5.64. The SMILES string of the molecule is C(=NOc1ccccc1)c1ccc2ccoc2c1. The van der Waals surface area contributed by atoms with Crippen LogP contribution in [0.3, 0.4) is 0 Å². The summed E-state index contributed by atoms with van der Waals surface area (Å²) in [4.78, 5) is 5.24. The molecule has 3 heteroatoms. The number of furan rings is 1. The van der Waals surface area contributed by atoms with E-state index in [9.17, 15) is 0 Å². The molecule has 0 unspecified atom stereocenters. The van der Waals surface area contributed by atoms with Crippen LogP contribution in [-0.2, 0) is 0 Å². The number of oxime groups is 1. The summed E-state index contributed by atoms with van der Waals surface area (Å²) < 4.78 is 5.32. The van der Waals surface area contributed by atoms with Gasteiger partial charge in [-0.25, -0.2) is 0 Å². The zero-order valence-corrected chi connectivity index (χ0v) is 9.61. The molecule has 0 saturated heterocycles. The average molecular weight is 237 g/mol. The summed E-state index contributed by atoms with van der Waals surface area (Å²) in [6, 6.07) is 17.3. The van der Waals surface area contributed by atoms with Crippen LogP contribution in [0.5, 0.6) is 5.75 Å². The molecule has 0 spiro atoms. The molecule has 0 aliphatic rings. The van der Waals surface area contributed by atoms with Gasteiger partial charge in [0.2, 0.25) is 0 Å². The highest BCUT2D eigenvalue weighted by Gasteiger charge is 1.97. The van der Waals surface area contributed by atoms with Crippen LogP contribution in [0.15, 0.2) is 70.4 Å². The number of nitrogens with zero attached hydrogens (tertiary/aromatic N) is 1. The van der Waals surface area contributed by atoms with Crippen LogP contribution in [0.25, 0.3) is 11.0 Å². The molecule has 0 N–H and O–H groups in total. The molecule has 0 amide bonds.